The van der Waals surface area contributed by atoms with Gasteiger partial charge in [-0.15, -0.1) is 0 Å². The first-order valence-electron chi connectivity index (χ1n) is 9.50. The molecule has 4 aliphatic carbocycles. The summed E-state index contributed by atoms with van der Waals surface area (Å²) in [5.74, 6) is 3.00. The van der Waals surface area contributed by atoms with Crippen LogP contribution in [0.2, 0.25) is 0 Å². The van der Waals surface area contributed by atoms with Crippen LogP contribution in [0.25, 0.3) is 0 Å². The standard InChI is InChI=1S/C19H24BrN5O/c1-11-16(20)17(23-24(11)2)18(26)21-15-3-4-25(22-15)19-8-12-5-13(9-19)7-14(6-12)10-19/h3-4,12-14H,5-10H2,1-2H3,(H,21,22,26). The van der Waals surface area contributed by atoms with Gasteiger partial charge in [-0.05, 0) is 79.1 Å². The van der Waals surface area contributed by atoms with E-state index in [1.165, 1.54) is 38.5 Å². The van der Waals surface area contributed by atoms with Gasteiger partial charge in [0.25, 0.3) is 5.91 Å². The third-order valence-corrected chi connectivity index (χ3v) is 7.75. The van der Waals surface area contributed by atoms with Crippen LogP contribution < -0.4 is 5.32 Å². The zero-order valence-corrected chi connectivity index (χ0v) is 16.8. The molecule has 0 unspecified atom stereocenters. The highest BCUT2D eigenvalue weighted by Gasteiger charge is 2.52. The molecule has 6 rings (SSSR count). The number of amides is 1. The van der Waals surface area contributed by atoms with Gasteiger partial charge in [0.2, 0.25) is 0 Å². The van der Waals surface area contributed by atoms with Gasteiger partial charge < -0.3 is 5.32 Å². The summed E-state index contributed by atoms with van der Waals surface area (Å²) >= 11 is 3.46. The highest BCUT2D eigenvalue weighted by atomic mass is 79.9. The van der Waals surface area contributed by atoms with Gasteiger partial charge in [-0.25, -0.2) is 0 Å². The molecule has 0 aromatic carbocycles. The minimum atomic E-state index is -0.226. The molecule has 0 spiro atoms. The molecule has 2 heterocycles. The first kappa shape index (κ1) is 16.5. The van der Waals surface area contributed by atoms with Crippen molar-refractivity contribution in [2.75, 3.05) is 5.32 Å². The lowest BCUT2D eigenvalue weighted by molar-refractivity contribution is -0.0492. The number of carbonyl (C=O) groups excluding carboxylic acids is 1. The number of halogens is 1. The van der Waals surface area contributed by atoms with Gasteiger partial charge in [0.05, 0.1) is 15.7 Å². The average molecular weight is 418 g/mol. The van der Waals surface area contributed by atoms with Crippen LogP contribution in [0.1, 0.15) is 54.7 Å². The number of aryl methyl sites for hydroxylation is 1. The van der Waals surface area contributed by atoms with Crippen LogP contribution in [-0.4, -0.2) is 25.5 Å². The molecule has 2 aromatic heterocycles. The third-order valence-electron chi connectivity index (χ3n) is 6.80. The molecule has 4 saturated carbocycles. The first-order chi connectivity index (χ1) is 12.4. The Morgan fingerprint density at radius 1 is 1.19 bits per heavy atom. The van der Waals surface area contributed by atoms with E-state index in [-0.39, 0.29) is 11.4 Å². The predicted octanol–water partition coefficient (Wildman–Crippen LogP) is 3.87. The molecule has 4 fully saturated rings. The summed E-state index contributed by atoms with van der Waals surface area (Å²) in [6.45, 7) is 1.93. The van der Waals surface area contributed by atoms with Crippen LogP contribution in [-0.2, 0) is 12.6 Å². The number of anilines is 1. The SMILES string of the molecule is Cc1c(Br)c(C(=O)Nc2ccn(C34CC5CC(CC(C5)C3)C4)n2)nn1C. The Kier molecular flexibility index (Phi) is 3.61. The van der Waals surface area contributed by atoms with Crippen molar-refractivity contribution in [2.24, 2.45) is 24.8 Å². The predicted molar refractivity (Wildman–Crippen MR) is 102 cm³/mol. The topological polar surface area (TPSA) is 64.7 Å². The molecule has 0 radical (unpaired) electrons. The van der Waals surface area contributed by atoms with Crippen molar-refractivity contribution in [2.45, 2.75) is 51.0 Å². The van der Waals surface area contributed by atoms with Gasteiger partial charge in [-0.3, -0.25) is 14.2 Å². The van der Waals surface area contributed by atoms with E-state index < -0.39 is 0 Å². The smallest absolute Gasteiger partial charge is 0.278 e. The van der Waals surface area contributed by atoms with Gasteiger partial charge in [0.15, 0.2) is 11.5 Å². The van der Waals surface area contributed by atoms with E-state index in [4.69, 9.17) is 5.10 Å². The monoisotopic (exact) mass is 417 g/mol. The Labute approximate surface area is 161 Å². The number of rotatable bonds is 3. The molecule has 0 aliphatic heterocycles. The van der Waals surface area contributed by atoms with E-state index in [1.54, 1.807) is 4.68 Å². The molecule has 7 heteroatoms. The van der Waals surface area contributed by atoms with Gasteiger partial charge >= 0.3 is 0 Å². The minimum Gasteiger partial charge on any atom is -0.304 e. The Hall–Kier alpha value is -1.63. The van der Waals surface area contributed by atoms with E-state index in [1.807, 2.05) is 20.0 Å². The van der Waals surface area contributed by atoms with Crippen molar-refractivity contribution in [1.29, 1.82) is 0 Å². The highest BCUT2D eigenvalue weighted by Crippen LogP contribution is 2.58. The zero-order chi connectivity index (χ0) is 18.1. The summed E-state index contributed by atoms with van der Waals surface area (Å²) < 4.78 is 4.59. The fourth-order valence-electron chi connectivity index (χ4n) is 5.90. The summed E-state index contributed by atoms with van der Waals surface area (Å²) in [6, 6.07) is 1.92. The summed E-state index contributed by atoms with van der Waals surface area (Å²) in [4.78, 5) is 12.6. The molecule has 138 valence electrons. The fraction of sp³-hybridized carbons (Fsp3) is 0.632. The Bertz CT molecular complexity index is 847. The number of hydrogen-bond donors (Lipinski definition) is 1. The van der Waals surface area contributed by atoms with Gasteiger partial charge in [0, 0.05) is 19.3 Å². The van der Waals surface area contributed by atoms with Crippen molar-refractivity contribution < 1.29 is 4.79 Å². The molecule has 0 saturated heterocycles. The summed E-state index contributed by atoms with van der Waals surface area (Å²) in [6.07, 6.45) is 10.0. The van der Waals surface area contributed by atoms with E-state index in [0.717, 1.165) is 27.9 Å². The maximum absolute atomic E-state index is 12.6. The molecule has 1 N–H and O–H groups in total. The molecule has 1 amide bonds. The van der Waals surface area contributed by atoms with Gasteiger partial charge in [-0.2, -0.15) is 10.2 Å². The number of aromatic nitrogens is 4. The number of nitrogens with one attached hydrogen (secondary N) is 1. The molecule has 2 aromatic rings. The van der Waals surface area contributed by atoms with Crippen LogP contribution in [0.5, 0.6) is 0 Å². The minimum absolute atomic E-state index is 0.180. The van der Waals surface area contributed by atoms with Crippen molar-refractivity contribution in [3.63, 3.8) is 0 Å². The lowest BCUT2D eigenvalue weighted by Gasteiger charge is -2.56. The Morgan fingerprint density at radius 2 is 1.81 bits per heavy atom. The second-order valence-corrected chi connectivity index (χ2v) is 9.41. The molecular weight excluding hydrogens is 394 g/mol. The van der Waals surface area contributed by atoms with Crippen LogP contribution >= 0.6 is 15.9 Å². The Balaban J connectivity index is 1.37. The van der Waals surface area contributed by atoms with Crippen molar-refractivity contribution in [3.05, 3.63) is 28.1 Å². The highest BCUT2D eigenvalue weighted by molar-refractivity contribution is 9.10. The van der Waals surface area contributed by atoms with Crippen LogP contribution in [0, 0.1) is 24.7 Å². The first-order valence-corrected chi connectivity index (χ1v) is 10.3. The number of carbonyl (C=O) groups is 1. The molecule has 4 aliphatic rings. The normalized spacial score (nSPS) is 32.2. The summed E-state index contributed by atoms with van der Waals surface area (Å²) in [7, 11) is 1.83. The summed E-state index contributed by atoms with van der Waals surface area (Å²) in [5, 5.41) is 12.0. The van der Waals surface area contributed by atoms with Crippen molar-refractivity contribution >= 4 is 27.7 Å². The third kappa shape index (κ3) is 2.47. The van der Waals surface area contributed by atoms with E-state index in [9.17, 15) is 4.79 Å². The zero-order valence-electron chi connectivity index (χ0n) is 15.2. The lowest BCUT2D eigenvalue weighted by Crippen LogP contribution is -2.52. The van der Waals surface area contributed by atoms with Gasteiger partial charge in [-0.1, -0.05) is 0 Å². The van der Waals surface area contributed by atoms with Crippen molar-refractivity contribution in [1.82, 2.24) is 19.6 Å². The average Bonchev–Trinajstić information content (AvgIpc) is 3.15. The number of hydrogen-bond acceptors (Lipinski definition) is 3. The molecule has 0 atom stereocenters. The second kappa shape index (κ2) is 5.68. The molecule has 4 bridgehead atoms. The van der Waals surface area contributed by atoms with Crippen LogP contribution in [0.15, 0.2) is 16.7 Å². The quantitative estimate of drug-likeness (QED) is 0.823. The molecule has 6 nitrogen and oxygen atoms in total. The van der Waals surface area contributed by atoms with E-state index in [0.29, 0.717) is 11.5 Å². The van der Waals surface area contributed by atoms with E-state index in [2.05, 4.69) is 37.2 Å². The van der Waals surface area contributed by atoms with Crippen LogP contribution in [0.3, 0.4) is 0 Å². The maximum Gasteiger partial charge on any atom is 0.278 e. The van der Waals surface area contributed by atoms with Crippen LogP contribution in [0.4, 0.5) is 5.82 Å². The Morgan fingerprint density at radius 3 is 2.35 bits per heavy atom. The molecule has 26 heavy (non-hydrogen) atoms. The maximum atomic E-state index is 12.6. The van der Waals surface area contributed by atoms with Crippen molar-refractivity contribution in [3.8, 4) is 0 Å². The number of nitrogens with zero attached hydrogens (tertiary/aromatic N) is 4. The summed E-state index contributed by atoms with van der Waals surface area (Å²) in [5.41, 5.74) is 1.50. The lowest BCUT2D eigenvalue weighted by atomic mass is 9.53. The second-order valence-electron chi connectivity index (χ2n) is 8.61. The fourth-order valence-corrected chi connectivity index (χ4v) is 6.42. The molecular formula is C19H24BrN5O. The van der Waals surface area contributed by atoms with Gasteiger partial charge in [0.1, 0.15) is 0 Å². The largest absolute Gasteiger partial charge is 0.304 e. The van der Waals surface area contributed by atoms with E-state index >= 15 is 0 Å².